The predicted octanol–water partition coefficient (Wildman–Crippen LogP) is 3.78. The van der Waals surface area contributed by atoms with E-state index in [9.17, 15) is 14.9 Å². The summed E-state index contributed by atoms with van der Waals surface area (Å²) in [4.78, 5) is 28.6. The normalized spacial score (nSPS) is 10.3. The Balaban J connectivity index is 2.27. The van der Waals surface area contributed by atoms with Crippen LogP contribution in [0, 0.1) is 10.1 Å². The molecule has 2 aromatic rings. The van der Waals surface area contributed by atoms with Crippen LogP contribution in [0.2, 0.25) is 0 Å². The number of Topliss-reactive ketones (excluding diaryl/α,β-unsaturated/α-hetero) is 1. The van der Waals surface area contributed by atoms with Crippen LogP contribution < -0.4 is 10.2 Å². The van der Waals surface area contributed by atoms with Crippen molar-refractivity contribution in [3.63, 3.8) is 0 Å². The summed E-state index contributed by atoms with van der Waals surface area (Å²) in [5, 5.41) is 14.2. The van der Waals surface area contributed by atoms with Crippen molar-refractivity contribution in [1.82, 2.24) is 4.98 Å². The summed E-state index contributed by atoms with van der Waals surface area (Å²) in [5.41, 5.74) is 1.13. The van der Waals surface area contributed by atoms with Gasteiger partial charge in [-0.25, -0.2) is 4.98 Å². The van der Waals surface area contributed by atoms with Crippen molar-refractivity contribution >= 4 is 28.7 Å². The summed E-state index contributed by atoms with van der Waals surface area (Å²) in [6.45, 7) is 7.19. The third kappa shape index (κ3) is 3.87. The first-order valence-corrected chi connectivity index (χ1v) is 7.73. The molecule has 1 aromatic carbocycles. The second kappa shape index (κ2) is 7.54. The topological polar surface area (TPSA) is 88.4 Å². The third-order valence-corrected chi connectivity index (χ3v) is 3.72. The smallest absolute Gasteiger partial charge is 0.293 e. The van der Waals surface area contributed by atoms with Crippen molar-refractivity contribution < 1.29 is 9.72 Å². The average Bonchev–Trinajstić information content (AvgIpc) is 2.57. The van der Waals surface area contributed by atoms with Crippen LogP contribution in [0.15, 0.2) is 36.5 Å². The maximum Gasteiger partial charge on any atom is 0.293 e. The molecule has 1 aromatic heterocycles. The Morgan fingerprint density at radius 1 is 1.25 bits per heavy atom. The van der Waals surface area contributed by atoms with Gasteiger partial charge in [0.05, 0.1) is 16.8 Å². The van der Waals surface area contributed by atoms with Crippen LogP contribution in [-0.4, -0.2) is 28.8 Å². The number of nitrogens with one attached hydrogen (secondary N) is 1. The first-order chi connectivity index (χ1) is 11.5. The van der Waals surface area contributed by atoms with E-state index in [1.165, 1.54) is 19.1 Å². The molecule has 0 aliphatic rings. The number of hydrogen-bond donors (Lipinski definition) is 1. The van der Waals surface area contributed by atoms with Crippen LogP contribution in [0.3, 0.4) is 0 Å². The lowest BCUT2D eigenvalue weighted by Gasteiger charge is -2.19. The van der Waals surface area contributed by atoms with Gasteiger partial charge in [-0.1, -0.05) is 0 Å². The highest BCUT2D eigenvalue weighted by atomic mass is 16.6. The van der Waals surface area contributed by atoms with E-state index < -0.39 is 4.92 Å². The van der Waals surface area contributed by atoms with Gasteiger partial charge in [-0.05, 0) is 45.0 Å². The summed E-state index contributed by atoms with van der Waals surface area (Å²) < 4.78 is 0. The van der Waals surface area contributed by atoms with E-state index in [1.54, 1.807) is 12.3 Å². The van der Waals surface area contributed by atoms with Gasteiger partial charge in [0.25, 0.3) is 5.69 Å². The number of hydrogen-bond acceptors (Lipinski definition) is 6. The summed E-state index contributed by atoms with van der Waals surface area (Å²) in [6, 6.07) is 8.07. The molecule has 0 spiro atoms. The van der Waals surface area contributed by atoms with Gasteiger partial charge in [0, 0.05) is 24.7 Å². The molecule has 0 saturated heterocycles. The Morgan fingerprint density at radius 3 is 2.46 bits per heavy atom. The van der Waals surface area contributed by atoms with E-state index >= 15 is 0 Å². The van der Waals surface area contributed by atoms with Gasteiger partial charge in [0.2, 0.25) is 0 Å². The zero-order chi connectivity index (χ0) is 17.7. The molecule has 0 aliphatic carbocycles. The maximum absolute atomic E-state index is 11.4. The molecule has 2 rings (SSSR count). The largest absolute Gasteiger partial charge is 0.357 e. The minimum absolute atomic E-state index is 0.143. The Bertz CT molecular complexity index is 740. The molecule has 7 nitrogen and oxygen atoms in total. The lowest BCUT2D eigenvalue weighted by molar-refractivity contribution is -0.383. The van der Waals surface area contributed by atoms with Gasteiger partial charge in [0.1, 0.15) is 11.5 Å². The lowest BCUT2D eigenvalue weighted by atomic mass is 10.1. The van der Waals surface area contributed by atoms with Crippen LogP contribution in [-0.2, 0) is 0 Å². The molecule has 1 heterocycles. The molecule has 0 fully saturated rings. The highest BCUT2D eigenvalue weighted by molar-refractivity contribution is 5.95. The molecule has 0 unspecified atom stereocenters. The quantitative estimate of drug-likeness (QED) is 0.473. The van der Waals surface area contributed by atoms with Gasteiger partial charge in [-0.3, -0.25) is 14.9 Å². The number of carbonyl (C=O) groups excluding carboxylic acids is 1. The second-order valence-electron chi connectivity index (χ2n) is 5.25. The molecule has 0 radical (unpaired) electrons. The SMILES string of the molecule is CCN(CC)c1ccc(Nc2ccc(C(C)=O)cc2[N+](=O)[O-])cn1. The van der Waals surface area contributed by atoms with Crippen LogP contribution in [0.4, 0.5) is 22.9 Å². The zero-order valence-corrected chi connectivity index (χ0v) is 13.9. The van der Waals surface area contributed by atoms with Crippen molar-refractivity contribution in [3.05, 3.63) is 52.2 Å². The number of nitro groups is 1. The number of aromatic nitrogens is 1. The fraction of sp³-hybridized carbons (Fsp3) is 0.294. The van der Waals surface area contributed by atoms with Crippen molar-refractivity contribution in [2.24, 2.45) is 0 Å². The molecular weight excluding hydrogens is 308 g/mol. The number of pyridine rings is 1. The van der Waals surface area contributed by atoms with Crippen LogP contribution in [0.25, 0.3) is 0 Å². The van der Waals surface area contributed by atoms with Crippen molar-refractivity contribution in [1.29, 1.82) is 0 Å². The van der Waals surface area contributed by atoms with Gasteiger partial charge in [0.15, 0.2) is 5.78 Å². The number of nitro benzene ring substituents is 1. The third-order valence-electron chi connectivity index (χ3n) is 3.72. The maximum atomic E-state index is 11.4. The summed E-state index contributed by atoms with van der Waals surface area (Å²) in [5.74, 6) is 0.641. The molecule has 126 valence electrons. The average molecular weight is 328 g/mol. The van der Waals surface area contributed by atoms with E-state index in [-0.39, 0.29) is 11.5 Å². The van der Waals surface area contributed by atoms with Crippen molar-refractivity contribution in [2.75, 3.05) is 23.3 Å². The Morgan fingerprint density at radius 2 is 1.96 bits per heavy atom. The number of nitrogens with zero attached hydrogens (tertiary/aromatic N) is 3. The Kier molecular flexibility index (Phi) is 5.47. The van der Waals surface area contributed by atoms with Crippen molar-refractivity contribution in [3.8, 4) is 0 Å². The van der Waals surface area contributed by atoms with Crippen LogP contribution in [0.5, 0.6) is 0 Å². The van der Waals surface area contributed by atoms with E-state index in [1.807, 2.05) is 12.1 Å². The minimum atomic E-state index is -0.507. The Hall–Kier alpha value is -2.96. The molecule has 0 aliphatic heterocycles. The van der Waals surface area contributed by atoms with Gasteiger partial charge < -0.3 is 10.2 Å². The number of carbonyl (C=O) groups is 1. The second-order valence-corrected chi connectivity index (χ2v) is 5.25. The monoisotopic (exact) mass is 328 g/mol. The molecule has 0 saturated carbocycles. The van der Waals surface area contributed by atoms with E-state index in [0.29, 0.717) is 16.9 Å². The first-order valence-electron chi connectivity index (χ1n) is 7.73. The summed E-state index contributed by atoms with van der Waals surface area (Å²) in [7, 11) is 0. The molecular formula is C17H20N4O3. The lowest BCUT2D eigenvalue weighted by Crippen LogP contribution is -2.22. The molecule has 7 heteroatoms. The number of anilines is 3. The molecule has 0 amide bonds. The minimum Gasteiger partial charge on any atom is -0.357 e. The van der Waals surface area contributed by atoms with Gasteiger partial charge >= 0.3 is 0 Å². The van der Waals surface area contributed by atoms with Gasteiger partial charge in [-0.2, -0.15) is 0 Å². The summed E-state index contributed by atoms with van der Waals surface area (Å²) in [6.07, 6.45) is 1.64. The zero-order valence-electron chi connectivity index (χ0n) is 13.9. The standard InChI is InChI=1S/C17H20N4O3/c1-4-20(5-2)17-9-7-14(11-18-17)19-15-8-6-13(12(3)22)10-16(15)21(23)24/h6-11,19H,4-5H2,1-3H3. The van der Waals surface area contributed by atoms with Crippen LogP contribution >= 0.6 is 0 Å². The number of benzene rings is 1. The van der Waals surface area contributed by atoms with E-state index in [4.69, 9.17) is 0 Å². The first kappa shape index (κ1) is 17.4. The highest BCUT2D eigenvalue weighted by Crippen LogP contribution is 2.29. The van der Waals surface area contributed by atoms with Crippen LogP contribution in [0.1, 0.15) is 31.1 Å². The highest BCUT2D eigenvalue weighted by Gasteiger charge is 2.16. The molecule has 1 N–H and O–H groups in total. The summed E-state index contributed by atoms with van der Waals surface area (Å²) >= 11 is 0. The van der Waals surface area contributed by atoms with Gasteiger partial charge in [-0.15, -0.1) is 0 Å². The fourth-order valence-electron chi connectivity index (χ4n) is 2.36. The Labute approximate surface area is 140 Å². The van der Waals surface area contributed by atoms with E-state index in [2.05, 4.69) is 29.0 Å². The number of rotatable bonds is 7. The molecule has 0 bridgehead atoms. The van der Waals surface area contributed by atoms with Crippen molar-refractivity contribution in [2.45, 2.75) is 20.8 Å². The predicted molar refractivity (Wildman–Crippen MR) is 94.2 cm³/mol. The fourth-order valence-corrected chi connectivity index (χ4v) is 2.36. The molecule has 0 atom stereocenters. The van der Waals surface area contributed by atoms with E-state index in [0.717, 1.165) is 18.9 Å². The molecule has 24 heavy (non-hydrogen) atoms. The number of ketones is 1.